The first-order valence-corrected chi connectivity index (χ1v) is 7.16. The lowest BCUT2D eigenvalue weighted by Crippen LogP contribution is -2.29. The molecule has 1 atom stereocenters. The van der Waals surface area contributed by atoms with E-state index < -0.39 is 0 Å². The smallest absolute Gasteiger partial charge is 0.0500 e. The van der Waals surface area contributed by atoms with E-state index in [1.807, 2.05) is 6.07 Å². The molecule has 0 heterocycles. The molecular weight excluding hydrogens is 300 g/mol. The van der Waals surface area contributed by atoms with E-state index in [4.69, 9.17) is 5.84 Å². The second-order valence-electron chi connectivity index (χ2n) is 4.97. The number of benzene rings is 2. The Balaban J connectivity index is 2.24. The van der Waals surface area contributed by atoms with E-state index in [2.05, 4.69) is 71.6 Å². The zero-order valence-corrected chi connectivity index (χ0v) is 12.9. The van der Waals surface area contributed by atoms with Gasteiger partial charge in [0.15, 0.2) is 0 Å². The molecule has 0 bridgehead atoms. The van der Waals surface area contributed by atoms with Crippen LogP contribution in [-0.4, -0.2) is 0 Å². The summed E-state index contributed by atoms with van der Waals surface area (Å²) in [7, 11) is 0. The van der Waals surface area contributed by atoms with Crippen LogP contribution in [0.15, 0.2) is 46.9 Å². The topological polar surface area (TPSA) is 38.0 Å². The Hall–Kier alpha value is -1.16. The molecule has 0 amide bonds. The highest BCUT2D eigenvalue weighted by Gasteiger charge is 2.11. The Morgan fingerprint density at radius 2 is 1.79 bits per heavy atom. The van der Waals surface area contributed by atoms with Gasteiger partial charge in [0.2, 0.25) is 0 Å². The first kappa shape index (κ1) is 14.3. The van der Waals surface area contributed by atoms with Crippen LogP contribution in [0.4, 0.5) is 0 Å². The molecule has 3 heteroatoms. The number of hydrogen-bond donors (Lipinski definition) is 2. The van der Waals surface area contributed by atoms with Crippen LogP contribution >= 0.6 is 15.9 Å². The summed E-state index contributed by atoms with van der Waals surface area (Å²) >= 11 is 3.50. The molecule has 100 valence electrons. The summed E-state index contributed by atoms with van der Waals surface area (Å²) in [5.41, 5.74) is 7.96. The lowest BCUT2D eigenvalue weighted by molar-refractivity contribution is 0.551. The molecule has 0 aliphatic rings. The number of hydrogen-bond acceptors (Lipinski definition) is 2. The third kappa shape index (κ3) is 3.90. The minimum atomic E-state index is 0.132. The highest BCUT2D eigenvalue weighted by Crippen LogP contribution is 2.22. The number of rotatable bonds is 4. The fraction of sp³-hybridized carbons (Fsp3) is 0.250. The van der Waals surface area contributed by atoms with Crippen molar-refractivity contribution in [3.63, 3.8) is 0 Å². The number of aryl methyl sites for hydroxylation is 2. The van der Waals surface area contributed by atoms with Crippen LogP contribution in [0, 0.1) is 13.8 Å². The van der Waals surface area contributed by atoms with Gasteiger partial charge in [-0.1, -0.05) is 57.4 Å². The van der Waals surface area contributed by atoms with Gasteiger partial charge in [0.1, 0.15) is 0 Å². The van der Waals surface area contributed by atoms with Crippen LogP contribution in [0.5, 0.6) is 0 Å². The Kier molecular flexibility index (Phi) is 4.75. The Morgan fingerprint density at radius 3 is 2.37 bits per heavy atom. The number of halogens is 1. The van der Waals surface area contributed by atoms with E-state index in [-0.39, 0.29) is 6.04 Å². The highest BCUT2D eigenvalue weighted by molar-refractivity contribution is 9.10. The van der Waals surface area contributed by atoms with Gasteiger partial charge in [0.25, 0.3) is 0 Å². The predicted octanol–water partition coefficient (Wildman–Crippen LogP) is 3.81. The van der Waals surface area contributed by atoms with Crippen LogP contribution in [0.2, 0.25) is 0 Å². The number of nitrogens with one attached hydrogen (secondary N) is 1. The van der Waals surface area contributed by atoms with E-state index in [0.717, 1.165) is 10.9 Å². The van der Waals surface area contributed by atoms with Crippen molar-refractivity contribution in [1.29, 1.82) is 0 Å². The zero-order chi connectivity index (χ0) is 13.8. The Morgan fingerprint density at radius 1 is 1.11 bits per heavy atom. The van der Waals surface area contributed by atoms with Gasteiger partial charge in [-0.3, -0.25) is 11.3 Å². The fourth-order valence-electron chi connectivity index (χ4n) is 2.38. The van der Waals surface area contributed by atoms with Crippen molar-refractivity contribution in [2.24, 2.45) is 5.84 Å². The minimum absolute atomic E-state index is 0.132. The molecule has 3 N–H and O–H groups in total. The Labute approximate surface area is 123 Å². The van der Waals surface area contributed by atoms with Gasteiger partial charge in [-0.2, -0.15) is 0 Å². The van der Waals surface area contributed by atoms with Gasteiger partial charge in [0.05, 0.1) is 0 Å². The third-order valence-electron chi connectivity index (χ3n) is 3.18. The molecule has 2 aromatic carbocycles. The summed E-state index contributed by atoms with van der Waals surface area (Å²) in [5.74, 6) is 5.73. The molecular formula is C16H19BrN2. The zero-order valence-electron chi connectivity index (χ0n) is 11.3. The molecule has 2 rings (SSSR count). The minimum Gasteiger partial charge on any atom is -0.271 e. The number of hydrazine groups is 1. The maximum absolute atomic E-state index is 5.73. The molecule has 0 aliphatic carbocycles. The monoisotopic (exact) mass is 318 g/mol. The molecule has 0 radical (unpaired) electrons. The van der Waals surface area contributed by atoms with E-state index in [9.17, 15) is 0 Å². The first-order valence-electron chi connectivity index (χ1n) is 6.37. The van der Waals surface area contributed by atoms with Crippen molar-refractivity contribution in [3.05, 3.63) is 69.2 Å². The summed E-state index contributed by atoms with van der Waals surface area (Å²) in [4.78, 5) is 0. The lowest BCUT2D eigenvalue weighted by Gasteiger charge is -2.18. The SMILES string of the molecule is Cc1cc(C)cc(C(Cc2cccc(Br)c2)NN)c1. The van der Waals surface area contributed by atoms with Crippen molar-refractivity contribution in [2.45, 2.75) is 26.3 Å². The second-order valence-corrected chi connectivity index (χ2v) is 5.89. The fourth-order valence-corrected chi connectivity index (χ4v) is 2.83. The van der Waals surface area contributed by atoms with E-state index >= 15 is 0 Å². The van der Waals surface area contributed by atoms with E-state index in [1.165, 1.54) is 22.3 Å². The highest BCUT2D eigenvalue weighted by atomic mass is 79.9. The molecule has 19 heavy (non-hydrogen) atoms. The van der Waals surface area contributed by atoms with Crippen LogP contribution in [0.3, 0.4) is 0 Å². The third-order valence-corrected chi connectivity index (χ3v) is 3.67. The van der Waals surface area contributed by atoms with E-state index in [1.54, 1.807) is 0 Å². The summed E-state index contributed by atoms with van der Waals surface area (Å²) in [5, 5.41) is 0. The summed E-state index contributed by atoms with van der Waals surface area (Å²) in [6.45, 7) is 4.23. The molecule has 0 spiro atoms. The lowest BCUT2D eigenvalue weighted by atomic mass is 9.96. The van der Waals surface area contributed by atoms with Crippen LogP contribution < -0.4 is 11.3 Å². The van der Waals surface area contributed by atoms with Crippen molar-refractivity contribution in [3.8, 4) is 0 Å². The molecule has 0 aromatic heterocycles. The summed E-state index contributed by atoms with van der Waals surface area (Å²) in [6, 6.07) is 15.0. The van der Waals surface area contributed by atoms with Gasteiger partial charge in [-0.05, 0) is 43.5 Å². The molecule has 0 saturated carbocycles. The largest absolute Gasteiger partial charge is 0.271 e. The molecule has 0 aliphatic heterocycles. The van der Waals surface area contributed by atoms with Gasteiger partial charge in [-0.15, -0.1) is 0 Å². The van der Waals surface area contributed by atoms with Gasteiger partial charge in [0, 0.05) is 10.5 Å². The average Bonchev–Trinajstić information content (AvgIpc) is 2.34. The average molecular weight is 319 g/mol. The van der Waals surface area contributed by atoms with Crippen molar-refractivity contribution >= 4 is 15.9 Å². The Bertz CT molecular complexity index is 546. The van der Waals surface area contributed by atoms with Crippen molar-refractivity contribution < 1.29 is 0 Å². The second kappa shape index (κ2) is 6.33. The first-order chi connectivity index (χ1) is 9.08. The standard InChI is InChI=1S/C16H19BrN2/c1-11-6-12(2)8-14(7-11)16(19-18)10-13-4-3-5-15(17)9-13/h3-9,16,19H,10,18H2,1-2H3. The normalized spacial score (nSPS) is 12.4. The van der Waals surface area contributed by atoms with Crippen LogP contribution in [-0.2, 0) is 6.42 Å². The molecule has 1 unspecified atom stereocenters. The predicted molar refractivity (Wildman–Crippen MR) is 83.8 cm³/mol. The molecule has 2 nitrogen and oxygen atoms in total. The summed E-state index contributed by atoms with van der Waals surface area (Å²) < 4.78 is 1.10. The van der Waals surface area contributed by atoms with Crippen LogP contribution in [0.1, 0.15) is 28.3 Å². The molecule has 2 aromatic rings. The van der Waals surface area contributed by atoms with Gasteiger partial charge in [-0.25, -0.2) is 0 Å². The van der Waals surface area contributed by atoms with Crippen molar-refractivity contribution in [1.82, 2.24) is 5.43 Å². The number of nitrogens with two attached hydrogens (primary N) is 1. The van der Waals surface area contributed by atoms with Gasteiger partial charge < -0.3 is 0 Å². The quantitative estimate of drug-likeness (QED) is 0.664. The van der Waals surface area contributed by atoms with Crippen molar-refractivity contribution in [2.75, 3.05) is 0 Å². The van der Waals surface area contributed by atoms with E-state index in [0.29, 0.717) is 0 Å². The van der Waals surface area contributed by atoms with Gasteiger partial charge >= 0.3 is 0 Å². The molecule has 0 fully saturated rings. The summed E-state index contributed by atoms with van der Waals surface area (Å²) in [6.07, 6.45) is 0.874. The van der Waals surface area contributed by atoms with Crippen LogP contribution in [0.25, 0.3) is 0 Å². The maximum Gasteiger partial charge on any atom is 0.0500 e. The molecule has 0 saturated heterocycles. The maximum atomic E-state index is 5.73.